The Bertz CT molecular complexity index is 640. The minimum Gasteiger partial charge on any atom is -0.382 e. The Balaban J connectivity index is 1.42. The standard InChI is InChI=1S/C23H36O4/c1-15(24)22(25)11-10-20(2)16(14-22)4-5-17-18(20)6-8-21(3)19(17)7-9-23(21)26-12-13-27-23/h16-19,25H,4-14H2,1-3H3/t16-,17+,18-,19+,20-,21-,22+/m0/s1. The third-order valence-electron chi connectivity index (χ3n) is 10.2. The van der Waals surface area contributed by atoms with Gasteiger partial charge in [0.05, 0.1) is 13.2 Å². The van der Waals surface area contributed by atoms with Crippen molar-refractivity contribution in [2.75, 3.05) is 13.2 Å². The van der Waals surface area contributed by atoms with Crippen molar-refractivity contribution in [2.24, 2.45) is 34.5 Å². The van der Waals surface area contributed by atoms with Crippen LogP contribution < -0.4 is 0 Å². The predicted molar refractivity (Wildman–Crippen MR) is 102 cm³/mol. The van der Waals surface area contributed by atoms with Gasteiger partial charge in [0.1, 0.15) is 5.60 Å². The number of rotatable bonds is 1. The summed E-state index contributed by atoms with van der Waals surface area (Å²) in [6.07, 6.45) is 9.46. The van der Waals surface area contributed by atoms with Gasteiger partial charge in [-0.1, -0.05) is 13.8 Å². The fourth-order valence-corrected chi connectivity index (χ4v) is 8.45. The highest BCUT2D eigenvalue weighted by atomic mass is 16.7. The molecular formula is C23H36O4. The summed E-state index contributed by atoms with van der Waals surface area (Å²) in [5.41, 5.74) is -0.634. The van der Waals surface area contributed by atoms with Crippen LogP contribution in [0, 0.1) is 34.5 Å². The molecule has 0 bridgehead atoms. The first-order valence-electron chi connectivity index (χ1n) is 11.3. The Morgan fingerprint density at radius 1 is 0.926 bits per heavy atom. The van der Waals surface area contributed by atoms with Crippen molar-refractivity contribution in [3.05, 3.63) is 0 Å². The number of hydrogen-bond acceptors (Lipinski definition) is 4. The Hall–Kier alpha value is -0.450. The molecule has 1 heterocycles. The van der Waals surface area contributed by atoms with Crippen molar-refractivity contribution in [3.8, 4) is 0 Å². The predicted octanol–water partition coefficient (Wildman–Crippen LogP) is 4.09. The van der Waals surface area contributed by atoms with Gasteiger partial charge in [-0.15, -0.1) is 0 Å². The summed E-state index contributed by atoms with van der Waals surface area (Å²) in [5.74, 6) is 2.31. The molecule has 4 saturated carbocycles. The van der Waals surface area contributed by atoms with Crippen molar-refractivity contribution in [1.82, 2.24) is 0 Å². The van der Waals surface area contributed by atoms with E-state index < -0.39 is 5.60 Å². The molecule has 5 aliphatic rings. The van der Waals surface area contributed by atoms with E-state index in [0.717, 1.165) is 44.3 Å². The van der Waals surface area contributed by atoms with Gasteiger partial charge in [-0.25, -0.2) is 0 Å². The van der Waals surface area contributed by atoms with E-state index >= 15 is 0 Å². The van der Waals surface area contributed by atoms with Gasteiger partial charge in [-0.05, 0) is 87.4 Å². The van der Waals surface area contributed by atoms with E-state index in [-0.39, 0.29) is 22.4 Å². The van der Waals surface area contributed by atoms with Crippen LogP contribution in [0.3, 0.4) is 0 Å². The van der Waals surface area contributed by atoms with Gasteiger partial charge in [0.15, 0.2) is 11.6 Å². The van der Waals surface area contributed by atoms with E-state index in [0.29, 0.717) is 24.7 Å². The smallest absolute Gasteiger partial charge is 0.174 e. The molecule has 1 saturated heterocycles. The largest absolute Gasteiger partial charge is 0.382 e. The molecule has 0 aromatic rings. The zero-order valence-electron chi connectivity index (χ0n) is 17.3. The molecule has 4 nitrogen and oxygen atoms in total. The first-order valence-corrected chi connectivity index (χ1v) is 11.3. The van der Waals surface area contributed by atoms with Crippen molar-refractivity contribution in [3.63, 3.8) is 0 Å². The number of aliphatic hydroxyl groups is 1. The van der Waals surface area contributed by atoms with Gasteiger partial charge < -0.3 is 14.6 Å². The lowest BCUT2D eigenvalue weighted by Crippen LogP contribution is -2.59. The summed E-state index contributed by atoms with van der Waals surface area (Å²) in [7, 11) is 0. The maximum Gasteiger partial charge on any atom is 0.174 e. The molecule has 0 aromatic heterocycles. The van der Waals surface area contributed by atoms with E-state index in [1.54, 1.807) is 6.92 Å². The lowest BCUT2D eigenvalue weighted by atomic mass is 9.44. The third-order valence-corrected chi connectivity index (χ3v) is 10.2. The molecule has 0 amide bonds. The fourth-order valence-electron chi connectivity index (χ4n) is 8.45. The zero-order valence-corrected chi connectivity index (χ0v) is 17.3. The molecule has 4 aliphatic carbocycles. The van der Waals surface area contributed by atoms with E-state index in [4.69, 9.17) is 9.47 Å². The topological polar surface area (TPSA) is 55.8 Å². The van der Waals surface area contributed by atoms with Gasteiger partial charge in [0, 0.05) is 11.8 Å². The Morgan fingerprint density at radius 2 is 1.63 bits per heavy atom. The quantitative estimate of drug-likeness (QED) is 0.749. The van der Waals surface area contributed by atoms with E-state index in [1.165, 1.54) is 25.7 Å². The minimum absolute atomic E-state index is 0.0313. The molecule has 1 spiro atoms. The maximum absolute atomic E-state index is 12.0. The van der Waals surface area contributed by atoms with Gasteiger partial charge >= 0.3 is 0 Å². The second kappa shape index (κ2) is 5.79. The molecule has 27 heavy (non-hydrogen) atoms. The van der Waals surface area contributed by atoms with Gasteiger partial charge in [0.25, 0.3) is 0 Å². The molecule has 5 fully saturated rings. The number of hydrogen-bond donors (Lipinski definition) is 1. The molecule has 1 aliphatic heterocycles. The lowest BCUT2D eigenvalue weighted by Gasteiger charge is -2.62. The summed E-state index contributed by atoms with van der Waals surface area (Å²) in [6, 6.07) is 0. The van der Waals surface area contributed by atoms with Crippen LogP contribution in [0.15, 0.2) is 0 Å². The average Bonchev–Trinajstić information content (AvgIpc) is 3.22. The molecular weight excluding hydrogens is 340 g/mol. The molecule has 0 aromatic carbocycles. The molecule has 0 unspecified atom stereocenters. The third kappa shape index (κ3) is 2.30. The van der Waals surface area contributed by atoms with Crippen molar-refractivity contribution < 1.29 is 19.4 Å². The molecule has 7 atom stereocenters. The minimum atomic E-state index is -1.07. The van der Waals surface area contributed by atoms with Crippen molar-refractivity contribution in [1.29, 1.82) is 0 Å². The van der Waals surface area contributed by atoms with Crippen LogP contribution in [0.5, 0.6) is 0 Å². The summed E-state index contributed by atoms with van der Waals surface area (Å²) >= 11 is 0. The number of ether oxygens (including phenoxy) is 2. The summed E-state index contributed by atoms with van der Waals surface area (Å²) in [4.78, 5) is 12.0. The fraction of sp³-hybridized carbons (Fsp3) is 0.957. The first kappa shape index (κ1) is 18.6. The van der Waals surface area contributed by atoms with Crippen LogP contribution in [-0.4, -0.2) is 35.5 Å². The number of carbonyl (C=O) groups is 1. The van der Waals surface area contributed by atoms with Crippen molar-refractivity contribution >= 4 is 5.78 Å². The molecule has 152 valence electrons. The Labute approximate surface area is 163 Å². The first-order chi connectivity index (χ1) is 12.7. The highest BCUT2D eigenvalue weighted by Gasteiger charge is 2.67. The molecule has 1 N–H and O–H groups in total. The van der Waals surface area contributed by atoms with Crippen LogP contribution >= 0.6 is 0 Å². The van der Waals surface area contributed by atoms with Crippen molar-refractivity contribution in [2.45, 2.75) is 89.9 Å². The number of Topliss-reactive ketones (excluding diaryl/α,β-unsaturated/α-hetero) is 1. The Kier molecular flexibility index (Phi) is 3.99. The van der Waals surface area contributed by atoms with Crippen LogP contribution in [-0.2, 0) is 14.3 Å². The molecule has 0 radical (unpaired) electrons. The van der Waals surface area contributed by atoms with Gasteiger partial charge in [-0.3, -0.25) is 4.79 Å². The van der Waals surface area contributed by atoms with E-state index in [2.05, 4.69) is 13.8 Å². The maximum atomic E-state index is 12.0. The lowest BCUT2D eigenvalue weighted by molar-refractivity contribution is -0.248. The summed E-state index contributed by atoms with van der Waals surface area (Å²) in [6.45, 7) is 7.99. The monoisotopic (exact) mass is 376 g/mol. The SMILES string of the molecule is CC(=O)[C@@]1(O)CC[C@@]2(C)[C@@H](CC[C@H]3[C@H]4CCC5(OCCO5)[C@@]4(C)CC[C@@H]32)C1. The van der Waals surface area contributed by atoms with Crippen LogP contribution in [0.4, 0.5) is 0 Å². The Morgan fingerprint density at radius 3 is 2.33 bits per heavy atom. The van der Waals surface area contributed by atoms with E-state index in [1.807, 2.05) is 0 Å². The molecule has 5 rings (SSSR count). The van der Waals surface area contributed by atoms with Gasteiger partial charge in [-0.2, -0.15) is 0 Å². The van der Waals surface area contributed by atoms with Crippen LogP contribution in [0.1, 0.15) is 78.6 Å². The highest BCUT2D eigenvalue weighted by molar-refractivity contribution is 5.84. The molecule has 4 heteroatoms. The second-order valence-corrected chi connectivity index (χ2v) is 10.9. The summed E-state index contributed by atoms with van der Waals surface area (Å²) in [5, 5.41) is 10.8. The number of carbonyl (C=O) groups excluding carboxylic acids is 1. The highest BCUT2D eigenvalue weighted by Crippen LogP contribution is 2.69. The van der Waals surface area contributed by atoms with E-state index in [9.17, 15) is 9.90 Å². The normalized spacial score (nSPS) is 53.6. The van der Waals surface area contributed by atoms with Crippen LogP contribution in [0.2, 0.25) is 0 Å². The van der Waals surface area contributed by atoms with Crippen LogP contribution in [0.25, 0.3) is 0 Å². The van der Waals surface area contributed by atoms with Gasteiger partial charge in [0.2, 0.25) is 0 Å². The second-order valence-electron chi connectivity index (χ2n) is 10.9. The number of fused-ring (bicyclic) bond motifs is 6. The average molecular weight is 377 g/mol. The number of ketones is 1. The summed E-state index contributed by atoms with van der Waals surface area (Å²) < 4.78 is 12.5. The zero-order chi connectivity index (χ0) is 19.1.